The fourth-order valence-corrected chi connectivity index (χ4v) is 1.92. The van der Waals surface area contributed by atoms with Gasteiger partial charge < -0.3 is 14.8 Å². The van der Waals surface area contributed by atoms with Crippen molar-refractivity contribution in [1.29, 1.82) is 0 Å². The van der Waals surface area contributed by atoms with E-state index in [2.05, 4.69) is 10.4 Å². The number of amides is 1. The van der Waals surface area contributed by atoms with E-state index in [9.17, 15) is 9.59 Å². The Hall–Kier alpha value is -2.83. The molecule has 0 fully saturated rings. The van der Waals surface area contributed by atoms with E-state index in [-0.39, 0.29) is 11.5 Å². The van der Waals surface area contributed by atoms with Gasteiger partial charge in [0, 0.05) is 18.3 Å². The highest BCUT2D eigenvalue weighted by Gasteiger charge is 2.18. The molecule has 1 heterocycles. The summed E-state index contributed by atoms with van der Waals surface area (Å²) in [5.41, 5.74) is 0.116. The molecule has 0 saturated carbocycles. The van der Waals surface area contributed by atoms with Crippen LogP contribution in [-0.4, -0.2) is 29.9 Å². The highest BCUT2D eigenvalue weighted by atomic mass is 16.5. The number of carbonyl (C=O) groups excluding carboxylic acids is 1. The quantitative estimate of drug-likeness (QED) is 0.904. The smallest absolute Gasteiger partial charge is 0.267 e. The molecular weight excluding hydrogens is 286 g/mol. The van der Waals surface area contributed by atoms with Crippen molar-refractivity contribution in [1.82, 2.24) is 9.78 Å². The predicted octanol–water partition coefficient (Wildman–Crippen LogP) is 1.46. The van der Waals surface area contributed by atoms with Crippen LogP contribution in [0.4, 0.5) is 5.69 Å². The van der Waals surface area contributed by atoms with E-state index >= 15 is 0 Å². The number of ether oxygens (including phenoxy) is 2. The number of hydrogen-bond donors (Lipinski definition) is 1. The van der Waals surface area contributed by atoms with E-state index in [1.165, 1.54) is 32.5 Å². The van der Waals surface area contributed by atoms with E-state index < -0.39 is 6.04 Å². The summed E-state index contributed by atoms with van der Waals surface area (Å²) >= 11 is 0. The molecule has 1 N–H and O–H groups in total. The van der Waals surface area contributed by atoms with Gasteiger partial charge in [-0.3, -0.25) is 9.59 Å². The fourth-order valence-electron chi connectivity index (χ4n) is 1.92. The van der Waals surface area contributed by atoms with Crippen molar-refractivity contribution in [2.45, 2.75) is 13.0 Å². The minimum absolute atomic E-state index is 0.345. The minimum Gasteiger partial charge on any atom is -0.497 e. The molecule has 2 aromatic rings. The zero-order valence-corrected chi connectivity index (χ0v) is 12.6. The molecule has 1 aromatic heterocycles. The first kappa shape index (κ1) is 15.6. The molecule has 1 amide bonds. The molecule has 116 valence electrons. The van der Waals surface area contributed by atoms with Crippen LogP contribution in [0.3, 0.4) is 0 Å². The molecule has 0 bridgehead atoms. The van der Waals surface area contributed by atoms with E-state index in [1.54, 1.807) is 25.1 Å². The van der Waals surface area contributed by atoms with Crippen molar-refractivity contribution >= 4 is 11.6 Å². The van der Waals surface area contributed by atoms with Gasteiger partial charge in [0.1, 0.15) is 17.5 Å². The van der Waals surface area contributed by atoms with Gasteiger partial charge >= 0.3 is 0 Å². The number of methoxy groups -OCH3 is 2. The van der Waals surface area contributed by atoms with Gasteiger partial charge in [0.05, 0.1) is 19.9 Å². The van der Waals surface area contributed by atoms with Gasteiger partial charge in [-0.05, 0) is 25.1 Å². The molecule has 0 spiro atoms. The van der Waals surface area contributed by atoms with Gasteiger partial charge in [-0.15, -0.1) is 0 Å². The van der Waals surface area contributed by atoms with Crippen LogP contribution < -0.4 is 20.3 Å². The van der Waals surface area contributed by atoms with Crippen LogP contribution in [0.2, 0.25) is 0 Å². The Labute approximate surface area is 127 Å². The summed E-state index contributed by atoms with van der Waals surface area (Å²) in [5.74, 6) is 0.695. The maximum Gasteiger partial charge on any atom is 0.267 e. The molecule has 0 radical (unpaired) electrons. The molecular formula is C15H17N3O4. The van der Waals surface area contributed by atoms with E-state index in [1.807, 2.05) is 0 Å². The summed E-state index contributed by atoms with van der Waals surface area (Å²) in [4.78, 5) is 24.0. The van der Waals surface area contributed by atoms with Crippen molar-refractivity contribution in [3.63, 3.8) is 0 Å². The van der Waals surface area contributed by atoms with Crippen molar-refractivity contribution in [3.05, 3.63) is 46.9 Å². The first-order valence-corrected chi connectivity index (χ1v) is 6.63. The number of hydrogen-bond acceptors (Lipinski definition) is 5. The number of anilines is 1. The van der Waals surface area contributed by atoms with Crippen molar-refractivity contribution < 1.29 is 14.3 Å². The standard InChI is InChI=1S/C15H17N3O4/c1-10(18-14(19)5-4-8-16-18)15(20)17-12-9-11(21-2)6-7-13(12)22-3/h4-10H,1-3H3,(H,17,20). The highest BCUT2D eigenvalue weighted by Crippen LogP contribution is 2.29. The van der Waals surface area contributed by atoms with Crippen molar-refractivity contribution in [3.8, 4) is 11.5 Å². The van der Waals surface area contributed by atoms with Crippen LogP contribution >= 0.6 is 0 Å². The third-order valence-electron chi connectivity index (χ3n) is 3.15. The monoisotopic (exact) mass is 303 g/mol. The van der Waals surface area contributed by atoms with Gasteiger partial charge in [-0.25, -0.2) is 4.68 Å². The van der Waals surface area contributed by atoms with Gasteiger partial charge in [-0.1, -0.05) is 0 Å². The Kier molecular flexibility index (Phi) is 4.77. The summed E-state index contributed by atoms with van der Waals surface area (Å²) in [6.07, 6.45) is 1.46. The van der Waals surface area contributed by atoms with Crippen LogP contribution in [0, 0.1) is 0 Å². The summed E-state index contributed by atoms with van der Waals surface area (Å²) in [6, 6.07) is 7.17. The number of rotatable bonds is 5. The maximum absolute atomic E-state index is 12.3. The van der Waals surface area contributed by atoms with Crippen LogP contribution in [0.1, 0.15) is 13.0 Å². The Morgan fingerprint density at radius 2 is 2.05 bits per heavy atom. The topological polar surface area (TPSA) is 82.4 Å². The summed E-state index contributed by atoms with van der Waals surface area (Å²) in [5, 5.41) is 6.62. The van der Waals surface area contributed by atoms with Gasteiger partial charge in [0.15, 0.2) is 0 Å². The lowest BCUT2D eigenvalue weighted by Crippen LogP contribution is -2.32. The molecule has 0 aliphatic rings. The van der Waals surface area contributed by atoms with Gasteiger partial charge in [-0.2, -0.15) is 5.10 Å². The fraction of sp³-hybridized carbons (Fsp3) is 0.267. The molecule has 22 heavy (non-hydrogen) atoms. The second-order valence-electron chi connectivity index (χ2n) is 4.54. The van der Waals surface area contributed by atoms with Crippen LogP contribution in [0.15, 0.2) is 41.3 Å². The molecule has 7 nitrogen and oxygen atoms in total. The lowest BCUT2D eigenvalue weighted by atomic mass is 10.2. The number of nitrogens with one attached hydrogen (secondary N) is 1. The number of carbonyl (C=O) groups is 1. The number of aromatic nitrogens is 2. The van der Waals surface area contributed by atoms with Gasteiger partial charge in [0.25, 0.3) is 5.56 Å². The zero-order valence-electron chi connectivity index (χ0n) is 12.6. The molecule has 0 aliphatic carbocycles. The predicted molar refractivity (Wildman–Crippen MR) is 81.4 cm³/mol. The minimum atomic E-state index is -0.760. The third-order valence-corrected chi connectivity index (χ3v) is 3.15. The summed E-state index contributed by atoms with van der Waals surface area (Å²) < 4.78 is 11.4. The largest absolute Gasteiger partial charge is 0.497 e. The number of nitrogens with zero attached hydrogens (tertiary/aromatic N) is 2. The Morgan fingerprint density at radius 1 is 1.27 bits per heavy atom. The SMILES string of the molecule is COc1ccc(OC)c(NC(=O)C(C)n2ncccc2=O)c1. The Balaban J connectivity index is 2.25. The molecule has 0 saturated heterocycles. The first-order valence-electron chi connectivity index (χ1n) is 6.63. The molecule has 2 rings (SSSR count). The average Bonchev–Trinajstić information content (AvgIpc) is 2.54. The lowest BCUT2D eigenvalue weighted by Gasteiger charge is -2.16. The van der Waals surface area contributed by atoms with E-state index in [0.29, 0.717) is 17.2 Å². The molecule has 1 aromatic carbocycles. The van der Waals surface area contributed by atoms with Gasteiger partial charge in [0.2, 0.25) is 5.91 Å². The van der Waals surface area contributed by atoms with Crippen LogP contribution in [-0.2, 0) is 4.79 Å². The average molecular weight is 303 g/mol. The first-order chi connectivity index (χ1) is 10.6. The summed E-state index contributed by atoms with van der Waals surface area (Å²) in [6.45, 7) is 1.59. The van der Waals surface area contributed by atoms with E-state index in [4.69, 9.17) is 9.47 Å². The van der Waals surface area contributed by atoms with Crippen molar-refractivity contribution in [2.75, 3.05) is 19.5 Å². The molecule has 1 atom stereocenters. The maximum atomic E-state index is 12.3. The van der Waals surface area contributed by atoms with Crippen LogP contribution in [0.25, 0.3) is 0 Å². The zero-order chi connectivity index (χ0) is 16.1. The summed E-state index contributed by atoms with van der Waals surface area (Å²) in [7, 11) is 3.04. The lowest BCUT2D eigenvalue weighted by molar-refractivity contribution is -0.119. The van der Waals surface area contributed by atoms with Crippen LogP contribution in [0.5, 0.6) is 11.5 Å². The van der Waals surface area contributed by atoms with E-state index in [0.717, 1.165) is 4.68 Å². The molecule has 1 unspecified atom stereocenters. The second-order valence-corrected chi connectivity index (χ2v) is 4.54. The molecule has 7 heteroatoms. The second kappa shape index (κ2) is 6.75. The Bertz CT molecular complexity index is 727. The van der Waals surface area contributed by atoms with Crippen molar-refractivity contribution in [2.24, 2.45) is 0 Å². The highest BCUT2D eigenvalue weighted by molar-refractivity contribution is 5.95. The normalized spacial score (nSPS) is 11.6. The number of benzene rings is 1. The Morgan fingerprint density at radius 3 is 2.68 bits per heavy atom. The third kappa shape index (κ3) is 3.25. The molecule has 0 aliphatic heterocycles.